The van der Waals surface area contributed by atoms with Crippen molar-refractivity contribution in [2.24, 2.45) is 5.41 Å². The summed E-state index contributed by atoms with van der Waals surface area (Å²) in [5.41, 5.74) is -4.73. The highest BCUT2D eigenvalue weighted by Crippen LogP contribution is 2.63. The number of benzene rings is 1. The van der Waals surface area contributed by atoms with Crippen LogP contribution in [0, 0.1) is 25.6 Å². The maximum absolute atomic E-state index is 14.1. The molecule has 46 heavy (non-hydrogen) atoms. The number of nitro benzene ring substituents is 2. The molecule has 0 aromatic heterocycles. The molecule has 0 aliphatic carbocycles. The fourth-order valence-electron chi connectivity index (χ4n) is 3.24. The number of non-ortho nitro benzene ring substituents is 1. The first-order valence-corrected chi connectivity index (χ1v) is 11.3. The Labute approximate surface area is 243 Å². The van der Waals surface area contributed by atoms with Gasteiger partial charge in [0.05, 0.1) is 15.9 Å². The molecule has 0 heterocycles. The predicted molar refractivity (Wildman–Crippen MR) is 115 cm³/mol. The Bertz CT molecular complexity index is 1370. The van der Waals surface area contributed by atoms with Gasteiger partial charge >= 0.3 is 59.4 Å². The zero-order chi connectivity index (χ0) is 37.1. The smallest absolute Gasteiger partial charge is 0.387 e. The predicted octanol–water partition coefficient (Wildman–Crippen LogP) is 8.67. The molecule has 1 aromatic carbocycles. The molecule has 0 atom stereocenters. The summed E-state index contributed by atoms with van der Waals surface area (Å²) in [7, 11) is 0. The van der Waals surface area contributed by atoms with E-state index >= 15 is 0 Å². The molecular weight excluding hydrogens is 696 g/mol. The summed E-state index contributed by atoms with van der Waals surface area (Å²) in [5, 5.41) is 22.5. The normalized spacial score (nSPS) is 14.6. The van der Waals surface area contributed by atoms with E-state index in [-0.39, 0.29) is 6.07 Å². The lowest BCUT2D eigenvalue weighted by Crippen LogP contribution is -2.74. The van der Waals surface area contributed by atoms with Crippen molar-refractivity contribution in [3.05, 3.63) is 37.9 Å². The van der Waals surface area contributed by atoms with Crippen LogP contribution in [0.15, 0.2) is 12.1 Å². The van der Waals surface area contributed by atoms with Gasteiger partial charge in [-0.1, -0.05) is 20.8 Å². The molecule has 0 spiro atoms. The Morgan fingerprint density at radius 2 is 1.04 bits per heavy atom. The summed E-state index contributed by atoms with van der Waals surface area (Å²) < 4.78 is 225. The second-order valence-electron chi connectivity index (χ2n) is 10.5. The van der Waals surface area contributed by atoms with Crippen molar-refractivity contribution in [1.82, 2.24) is 0 Å². The maximum atomic E-state index is 14.1. The van der Waals surface area contributed by atoms with Crippen molar-refractivity contribution < 1.29 is 94.4 Å². The van der Waals surface area contributed by atoms with Gasteiger partial charge in [-0.25, -0.2) is 4.79 Å². The minimum absolute atomic E-state index is 0.00587. The Morgan fingerprint density at radius 3 is 1.39 bits per heavy atom. The van der Waals surface area contributed by atoms with Crippen LogP contribution in [0.25, 0.3) is 0 Å². The SMILES string of the molecule is CC(C)(C)Cc1cc([N+](=O)[O-])cc([N+](=O)[O-])c1OC(=O)OC(F)(F)C(F)(F)C(F)(F)C(F)(F)C(F)(F)C(F)(F)C(F)(F)C(C)(F)F. The van der Waals surface area contributed by atoms with E-state index in [1.165, 1.54) is 20.8 Å². The first kappa shape index (κ1) is 40.2. The number of hydrogen-bond donors (Lipinski definition) is 0. The molecule has 0 saturated heterocycles. The van der Waals surface area contributed by atoms with Crippen LogP contribution in [0.1, 0.15) is 33.3 Å². The monoisotopic (exact) mass is 712 g/mol. The molecular formula is C21H16F16N2O7. The van der Waals surface area contributed by atoms with Crippen LogP contribution < -0.4 is 4.74 Å². The van der Waals surface area contributed by atoms with E-state index in [4.69, 9.17) is 0 Å². The first-order chi connectivity index (χ1) is 19.9. The molecule has 0 fully saturated rings. The average molecular weight is 712 g/mol. The first-order valence-electron chi connectivity index (χ1n) is 11.3. The molecule has 25 heteroatoms. The second-order valence-corrected chi connectivity index (χ2v) is 10.5. The molecule has 0 aliphatic rings. The number of hydrogen-bond acceptors (Lipinski definition) is 7. The topological polar surface area (TPSA) is 122 Å². The van der Waals surface area contributed by atoms with Crippen molar-refractivity contribution in [1.29, 1.82) is 0 Å². The lowest BCUT2D eigenvalue weighted by atomic mass is 9.87. The number of ether oxygens (including phenoxy) is 2. The third-order valence-electron chi connectivity index (χ3n) is 5.54. The molecule has 1 rings (SSSR count). The molecule has 0 bridgehead atoms. The van der Waals surface area contributed by atoms with Gasteiger partial charge in [0.15, 0.2) is 0 Å². The fourth-order valence-corrected chi connectivity index (χ4v) is 3.24. The molecule has 0 N–H and O–H groups in total. The largest absolute Gasteiger partial charge is 0.518 e. The van der Waals surface area contributed by atoms with Gasteiger partial charge in [0.25, 0.3) is 5.69 Å². The highest BCUT2D eigenvalue weighted by molar-refractivity contribution is 5.70. The van der Waals surface area contributed by atoms with E-state index in [1.54, 1.807) is 0 Å². The molecule has 9 nitrogen and oxygen atoms in total. The summed E-state index contributed by atoms with van der Waals surface area (Å²) >= 11 is 0. The van der Waals surface area contributed by atoms with Crippen molar-refractivity contribution in [3.63, 3.8) is 0 Å². The summed E-state index contributed by atoms with van der Waals surface area (Å²) in [6.07, 6.45) is -11.7. The van der Waals surface area contributed by atoms with Gasteiger partial charge in [-0.05, 0) is 11.8 Å². The molecule has 0 radical (unpaired) electrons. The molecule has 0 amide bonds. The lowest BCUT2D eigenvalue weighted by molar-refractivity contribution is -0.467. The number of halogens is 16. The molecule has 0 aliphatic heterocycles. The zero-order valence-electron chi connectivity index (χ0n) is 22.7. The van der Waals surface area contributed by atoms with Gasteiger partial charge in [-0.2, -0.15) is 70.2 Å². The molecule has 1 aromatic rings. The van der Waals surface area contributed by atoms with Crippen molar-refractivity contribution in [3.8, 4) is 5.75 Å². The fraction of sp³-hybridized carbons (Fsp3) is 0.667. The third kappa shape index (κ3) is 6.53. The van der Waals surface area contributed by atoms with Crippen LogP contribution >= 0.6 is 0 Å². The highest BCUT2D eigenvalue weighted by atomic mass is 19.4. The van der Waals surface area contributed by atoms with Crippen molar-refractivity contribution in [2.45, 2.75) is 81.7 Å². The summed E-state index contributed by atoms with van der Waals surface area (Å²) in [6.45, 7) is 2.63. The number of alkyl halides is 16. The van der Waals surface area contributed by atoms with Crippen molar-refractivity contribution >= 4 is 17.5 Å². The molecule has 264 valence electrons. The summed E-state index contributed by atoms with van der Waals surface area (Å²) in [6, 6.07) is 0.397. The summed E-state index contributed by atoms with van der Waals surface area (Å²) in [4.78, 5) is 31.4. The number of carbonyl (C=O) groups excluding carboxylic acids is 1. The van der Waals surface area contributed by atoms with Crippen LogP contribution in [0.2, 0.25) is 0 Å². The zero-order valence-corrected chi connectivity index (χ0v) is 22.7. The number of nitro groups is 2. The van der Waals surface area contributed by atoms with E-state index in [2.05, 4.69) is 9.47 Å². The van der Waals surface area contributed by atoms with E-state index < -0.39 is 105 Å². The van der Waals surface area contributed by atoms with E-state index in [1.807, 2.05) is 0 Å². The van der Waals surface area contributed by atoms with Gasteiger partial charge in [-0.15, -0.1) is 0 Å². The number of rotatable bonds is 12. The highest BCUT2D eigenvalue weighted by Gasteiger charge is 2.95. The van der Waals surface area contributed by atoms with Gasteiger partial charge in [0.1, 0.15) is 0 Å². The van der Waals surface area contributed by atoms with Crippen LogP contribution in [0.5, 0.6) is 5.75 Å². The van der Waals surface area contributed by atoms with Crippen LogP contribution in [0.4, 0.5) is 86.4 Å². The maximum Gasteiger partial charge on any atom is 0.518 e. The Balaban J connectivity index is 3.69. The Kier molecular flexibility index (Phi) is 10.0. The van der Waals surface area contributed by atoms with Gasteiger partial charge < -0.3 is 9.47 Å². The van der Waals surface area contributed by atoms with Gasteiger partial charge in [0.2, 0.25) is 5.75 Å². The minimum Gasteiger partial charge on any atom is -0.387 e. The Morgan fingerprint density at radius 1 is 0.652 bits per heavy atom. The van der Waals surface area contributed by atoms with E-state index in [0.29, 0.717) is 6.07 Å². The number of nitrogens with zero attached hydrogens (tertiary/aromatic N) is 2. The minimum atomic E-state index is -8.78. The van der Waals surface area contributed by atoms with Gasteiger partial charge in [0, 0.05) is 18.6 Å². The number of carbonyl (C=O) groups is 1. The standard InChI is InChI=1S/C21H16F16N2O7/c1-13(2,3)7-8-5-9(38(41)42)6-10(39(43)44)11(8)45-12(40)46-21(36,37)20(34,35)19(32,33)18(30,31)17(28,29)16(26,27)15(24,25)14(4,22)23/h5-6H,7H2,1-4H3. The van der Waals surface area contributed by atoms with E-state index in [0.717, 1.165) is 0 Å². The van der Waals surface area contributed by atoms with Crippen LogP contribution in [0.3, 0.4) is 0 Å². The molecule has 0 unspecified atom stereocenters. The van der Waals surface area contributed by atoms with E-state index in [9.17, 15) is 95.3 Å². The van der Waals surface area contributed by atoms with Crippen LogP contribution in [-0.4, -0.2) is 63.6 Å². The van der Waals surface area contributed by atoms with Crippen molar-refractivity contribution in [2.75, 3.05) is 0 Å². The van der Waals surface area contributed by atoms with Gasteiger partial charge in [-0.3, -0.25) is 20.2 Å². The second kappa shape index (κ2) is 11.5. The summed E-state index contributed by atoms with van der Waals surface area (Å²) in [5.74, 6) is -58.6. The lowest BCUT2D eigenvalue weighted by Gasteiger charge is -2.42. The van der Waals surface area contributed by atoms with Crippen LogP contribution in [-0.2, 0) is 11.2 Å². The third-order valence-corrected chi connectivity index (χ3v) is 5.54. The quantitative estimate of drug-likeness (QED) is 0.0699. The Hall–Kier alpha value is -3.83. The average Bonchev–Trinajstić information content (AvgIpc) is 2.81. The molecule has 0 saturated carbocycles.